The minimum atomic E-state index is -3.79. The number of rotatable bonds is 11. The fraction of sp³-hybridized carbons (Fsp3) is 0.333. The molecule has 33 heavy (non-hydrogen) atoms. The summed E-state index contributed by atoms with van der Waals surface area (Å²) in [6, 6.07) is 7.65. The molecular weight excluding hydrogens is 454 g/mol. The number of nitro benzene ring substituents is 1. The van der Waals surface area contributed by atoms with E-state index in [1.165, 1.54) is 48.9 Å². The van der Waals surface area contributed by atoms with Gasteiger partial charge in [-0.3, -0.25) is 19.7 Å². The Labute approximate surface area is 191 Å². The monoisotopic (exact) mass is 479 g/mol. The maximum atomic E-state index is 12.8. The van der Waals surface area contributed by atoms with Crippen molar-refractivity contribution in [2.45, 2.75) is 25.2 Å². The summed E-state index contributed by atoms with van der Waals surface area (Å²) in [7, 11) is -1.17. The summed E-state index contributed by atoms with van der Waals surface area (Å²) in [5.41, 5.74) is -0.369. The van der Waals surface area contributed by atoms with E-state index in [4.69, 9.17) is 9.47 Å². The SMILES string of the molecule is CCN(CC)S(=O)(=O)c1ccc(OC)c(NC(=O)CC(=O)c2ccc(OC)c([N+](=O)[O-])c2)c1. The van der Waals surface area contributed by atoms with E-state index in [1.54, 1.807) is 13.8 Å². The highest BCUT2D eigenvalue weighted by Gasteiger charge is 2.24. The van der Waals surface area contributed by atoms with Gasteiger partial charge in [0, 0.05) is 24.7 Å². The number of carbonyl (C=O) groups excluding carboxylic acids is 2. The lowest BCUT2D eigenvalue weighted by Crippen LogP contribution is -2.30. The highest BCUT2D eigenvalue weighted by atomic mass is 32.2. The smallest absolute Gasteiger partial charge is 0.311 e. The van der Waals surface area contributed by atoms with Crippen molar-refractivity contribution in [3.05, 3.63) is 52.1 Å². The van der Waals surface area contributed by atoms with Gasteiger partial charge in [0.05, 0.1) is 36.1 Å². The molecule has 0 bridgehead atoms. The molecule has 0 saturated heterocycles. The van der Waals surface area contributed by atoms with Crippen molar-refractivity contribution in [1.29, 1.82) is 0 Å². The molecule has 0 radical (unpaired) electrons. The van der Waals surface area contributed by atoms with Crippen molar-refractivity contribution >= 4 is 33.1 Å². The number of methoxy groups -OCH3 is 2. The molecule has 0 aromatic heterocycles. The third kappa shape index (κ3) is 5.84. The number of nitro groups is 1. The minimum absolute atomic E-state index is 0.0167. The largest absolute Gasteiger partial charge is 0.495 e. The number of carbonyl (C=O) groups is 2. The molecule has 0 fully saturated rings. The molecule has 178 valence electrons. The number of nitrogens with one attached hydrogen (secondary N) is 1. The van der Waals surface area contributed by atoms with Crippen LogP contribution in [0.5, 0.6) is 11.5 Å². The Balaban J connectivity index is 2.27. The minimum Gasteiger partial charge on any atom is -0.495 e. The van der Waals surface area contributed by atoms with Gasteiger partial charge in [0.1, 0.15) is 5.75 Å². The maximum absolute atomic E-state index is 12.8. The summed E-state index contributed by atoms with van der Waals surface area (Å²) in [5, 5.41) is 13.6. The van der Waals surface area contributed by atoms with Gasteiger partial charge in [0.15, 0.2) is 11.5 Å². The molecule has 0 spiro atoms. The Hall–Kier alpha value is -3.51. The zero-order valence-electron chi connectivity index (χ0n) is 18.7. The van der Waals surface area contributed by atoms with Crippen LogP contribution in [0.3, 0.4) is 0 Å². The average Bonchev–Trinajstić information content (AvgIpc) is 2.78. The number of amides is 1. The van der Waals surface area contributed by atoms with E-state index < -0.39 is 38.7 Å². The number of Topliss-reactive ketones (excluding diaryl/α,β-unsaturated/α-hetero) is 1. The first kappa shape index (κ1) is 25.7. The Bertz CT molecular complexity index is 1160. The van der Waals surface area contributed by atoms with Crippen LogP contribution in [0.25, 0.3) is 0 Å². The molecule has 1 N–H and O–H groups in total. The second-order valence-electron chi connectivity index (χ2n) is 6.74. The number of ketones is 1. The van der Waals surface area contributed by atoms with Crippen LogP contribution in [0.1, 0.15) is 30.6 Å². The third-order valence-corrected chi connectivity index (χ3v) is 6.85. The average molecular weight is 480 g/mol. The van der Waals surface area contributed by atoms with Crippen LogP contribution in [0.2, 0.25) is 0 Å². The van der Waals surface area contributed by atoms with E-state index in [9.17, 15) is 28.1 Å². The Morgan fingerprint density at radius 3 is 2.18 bits per heavy atom. The molecule has 0 heterocycles. The van der Waals surface area contributed by atoms with Crippen molar-refractivity contribution in [2.75, 3.05) is 32.6 Å². The van der Waals surface area contributed by atoms with Gasteiger partial charge in [-0.2, -0.15) is 4.31 Å². The van der Waals surface area contributed by atoms with Crippen LogP contribution < -0.4 is 14.8 Å². The normalized spacial score (nSPS) is 11.2. The first-order valence-corrected chi connectivity index (χ1v) is 11.4. The Morgan fingerprint density at radius 1 is 1.03 bits per heavy atom. The van der Waals surface area contributed by atoms with E-state index in [0.717, 1.165) is 6.07 Å². The van der Waals surface area contributed by atoms with E-state index in [0.29, 0.717) is 0 Å². The molecule has 0 saturated carbocycles. The van der Waals surface area contributed by atoms with E-state index in [-0.39, 0.29) is 40.7 Å². The highest BCUT2D eigenvalue weighted by Crippen LogP contribution is 2.30. The topological polar surface area (TPSA) is 145 Å². The number of ether oxygens (including phenoxy) is 2. The van der Waals surface area contributed by atoms with Gasteiger partial charge in [-0.1, -0.05) is 13.8 Å². The molecule has 2 rings (SSSR count). The lowest BCUT2D eigenvalue weighted by molar-refractivity contribution is -0.385. The van der Waals surface area contributed by atoms with E-state index >= 15 is 0 Å². The number of hydrogen-bond donors (Lipinski definition) is 1. The molecule has 0 aliphatic heterocycles. The van der Waals surface area contributed by atoms with Crippen molar-refractivity contribution in [3.63, 3.8) is 0 Å². The molecule has 12 heteroatoms. The number of sulfonamides is 1. The second-order valence-corrected chi connectivity index (χ2v) is 8.68. The second kappa shape index (κ2) is 10.9. The predicted octanol–water partition coefficient (Wildman–Crippen LogP) is 2.85. The lowest BCUT2D eigenvalue weighted by atomic mass is 10.1. The van der Waals surface area contributed by atoms with Gasteiger partial charge in [-0.25, -0.2) is 8.42 Å². The van der Waals surface area contributed by atoms with Gasteiger partial charge in [0.2, 0.25) is 15.9 Å². The van der Waals surface area contributed by atoms with Crippen LogP contribution in [-0.2, 0) is 14.8 Å². The molecule has 0 unspecified atom stereocenters. The van der Waals surface area contributed by atoms with E-state index in [1.807, 2.05) is 0 Å². The van der Waals surface area contributed by atoms with Gasteiger partial charge in [0.25, 0.3) is 0 Å². The van der Waals surface area contributed by atoms with Crippen LogP contribution >= 0.6 is 0 Å². The number of nitrogens with zero attached hydrogens (tertiary/aromatic N) is 2. The van der Waals surface area contributed by atoms with Gasteiger partial charge in [-0.05, 0) is 30.3 Å². The van der Waals surface area contributed by atoms with Crippen molar-refractivity contribution in [1.82, 2.24) is 4.31 Å². The van der Waals surface area contributed by atoms with Gasteiger partial charge in [-0.15, -0.1) is 0 Å². The summed E-state index contributed by atoms with van der Waals surface area (Å²) in [6.45, 7) is 3.97. The van der Waals surface area contributed by atoms with E-state index in [2.05, 4.69) is 5.32 Å². The molecule has 11 nitrogen and oxygen atoms in total. The Kier molecular flexibility index (Phi) is 8.49. The molecule has 0 atom stereocenters. The number of hydrogen-bond acceptors (Lipinski definition) is 8. The summed E-state index contributed by atoms with van der Waals surface area (Å²) in [4.78, 5) is 35.4. The third-order valence-electron chi connectivity index (χ3n) is 4.81. The van der Waals surface area contributed by atoms with Crippen molar-refractivity contribution in [3.8, 4) is 11.5 Å². The molecule has 0 aliphatic rings. The molecule has 1 amide bonds. The van der Waals surface area contributed by atoms with Crippen molar-refractivity contribution < 1.29 is 32.4 Å². The zero-order valence-corrected chi connectivity index (χ0v) is 19.5. The summed E-state index contributed by atoms with van der Waals surface area (Å²) in [6.07, 6.45) is -0.625. The summed E-state index contributed by atoms with van der Waals surface area (Å²) < 4.78 is 36.9. The van der Waals surface area contributed by atoms with Gasteiger partial charge >= 0.3 is 5.69 Å². The summed E-state index contributed by atoms with van der Waals surface area (Å²) in [5.74, 6) is -1.22. The maximum Gasteiger partial charge on any atom is 0.311 e. The van der Waals surface area contributed by atoms with Crippen LogP contribution in [-0.4, -0.2) is 56.6 Å². The van der Waals surface area contributed by atoms with Gasteiger partial charge < -0.3 is 14.8 Å². The highest BCUT2D eigenvalue weighted by molar-refractivity contribution is 7.89. The fourth-order valence-corrected chi connectivity index (χ4v) is 4.59. The van der Waals surface area contributed by atoms with Crippen LogP contribution in [0.4, 0.5) is 11.4 Å². The molecular formula is C21H25N3O8S. The Morgan fingerprint density at radius 2 is 1.64 bits per heavy atom. The standard InChI is InChI=1S/C21H25N3O8S/c1-5-23(6-2)33(29,30)15-8-10-19(31-3)16(12-15)22-21(26)13-18(25)14-7-9-20(32-4)17(11-14)24(27)28/h7-12H,5-6,13H2,1-4H3,(H,22,26). The predicted molar refractivity (Wildman–Crippen MR) is 120 cm³/mol. The fourth-order valence-electron chi connectivity index (χ4n) is 3.11. The van der Waals surface area contributed by atoms with Crippen LogP contribution in [0.15, 0.2) is 41.3 Å². The molecule has 2 aromatic rings. The number of anilines is 1. The first-order valence-electron chi connectivity index (χ1n) is 9.92. The zero-order chi connectivity index (χ0) is 24.8. The van der Waals surface area contributed by atoms with Crippen LogP contribution in [0, 0.1) is 10.1 Å². The quantitative estimate of drug-likeness (QED) is 0.224. The summed E-state index contributed by atoms with van der Waals surface area (Å²) >= 11 is 0. The molecule has 2 aromatic carbocycles. The van der Waals surface area contributed by atoms with Crippen molar-refractivity contribution in [2.24, 2.45) is 0 Å². The lowest BCUT2D eigenvalue weighted by Gasteiger charge is -2.19. The number of benzene rings is 2. The first-order chi connectivity index (χ1) is 15.6. The molecule has 0 aliphatic carbocycles.